The number of benzene rings is 2. The summed E-state index contributed by atoms with van der Waals surface area (Å²) in [7, 11) is 0. The molecule has 3 nitrogen and oxygen atoms in total. The molecule has 2 aromatic carbocycles. The number of para-hydroxylation sites is 1. The van der Waals surface area contributed by atoms with Crippen LogP contribution in [-0.2, 0) is 6.54 Å². The molecule has 1 amide bonds. The molecule has 0 fully saturated rings. The Morgan fingerprint density at radius 2 is 1.57 bits per heavy atom. The molecule has 0 spiro atoms. The van der Waals surface area contributed by atoms with Crippen molar-refractivity contribution in [1.82, 2.24) is 4.90 Å². The third kappa shape index (κ3) is 5.24. The van der Waals surface area contributed by atoms with E-state index in [1.54, 1.807) is 0 Å². The van der Waals surface area contributed by atoms with Crippen molar-refractivity contribution in [2.45, 2.75) is 6.54 Å². The van der Waals surface area contributed by atoms with Crippen molar-refractivity contribution >= 4 is 11.6 Å². The first-order valence-corrected chi connectivity index (χ1v) is 7.62. The molecule has 0 heterocycles. The molecule has 0 aliphatic heterocycles. The Balaban J connectivity index is 1.99. The lowest BCUT2D eigenvalue weighted by Gasteiger charge is -2.18. The molecule has 0 bridgehead atoms. The lowest BCUT2D eigenvalue weighted by atomic mass is 10.1. The molecule has 0 saturated heterocycles. The van der Waals surface area contributed by atoms with Crippen molar-refractivity contribution < 1.29 is 4.79 Å². The predicted octanol–water partition coefficient (Wildman–Crippen LogP) is 4.11. The highest BCUT2D eigenvalue weighted by Gasteiger charge is 2.07. The van der Waals surface area contributed by atoms with Crippen LogP contribution in [0.3, 0.4) is 0 Å². The quantitative estimate of drug-likeness (QED) is 0.744. The minimum Gasteiger partial charge on any atom is -0.322 e. The molecule has 118 valence electrons. The van der Waals surface area contributed by atoms with E-state index >= 15 is 0 Å². The third-order valence-corrected chi connectivity index (χ3v) is 3.43. The van der Waals surface area contributed by atoms with E-state index in [4.69, 9.17) is 0 Å². The lowest BCUT2D eigenvalue weighted by Crippen LogP contribution is -2.23. The van der Waals surface area contributed by atoms with Gasteiger partial charge in [-0.2, -0.15) is 0 Å². The predicted molar refractivity (Wildman–Crippen MR) is 96.5 cm³/mol. The average molecular weight is 306 g/mol. The van der Waals surface area contributed by atoms with Gasteiger partial charge in [-0.15, -0.1) is 13.2 Å². The Morgan fingerprint density at radius 3 is 2.13 bits per heavy atom. The summed E-state index contributed by atoms with van der Waals surface area (Å²) in [4.78, 5) is 14.4. The Kier molecular flexibility index (Phi) is 6.33. The fourth-order valence-corrected chi connectivity index (χ4v) is 2.31. The summed E-state index contributed by atoms with van der Waals surface area (Å²) in [6, 6.07) is 17.1. The second-order valence-electron chi connectivity index (χ2n) is 5.29. The van der Waals surface area contributed by atoms with E-state index in [9.17, 15) is 4.79 Å². The summed E-state index contributed by atoms with van der Waals surface area (Å²) < 4.78 is 0. The van der Waals surface area contributed by atoms with Crippen molar-refractivity contribution in [3.05, 3.63) is 91.0 Å². The monoisotopic (exact) mass is 306 g/mol. The number of nitrogens with one attached hydrogen (secondary N) is 1. The maximum Gasteiger partial charge on any atom is 0.255 e. The van der Waals surface area contributed by atoms with E-state index in [0.29, 0.717) is 5.56 Å². The van der Waals surface area contributed by atoms with Crippen LogP contribution in [0.25, 0.3) is 0 Å². The first-order chi connectivity index (χ1) is 11.2. The van der Waals surface area contributed by atoms with Crippen molar-refractivity contribution in [2.75, 3.05) is 18.4 Å². The van der Waals surface area contributed by atoms with Gasteiger partial charge >= 0.3 is 0 Å². The van der Waals surface area contributed by atoms with Gasteiger partial charge in [0.25, 0.3) is 5.91 Å². The van der Waals surface area contributed by atoms with Crippen LogP contribution in [0.4, 0.5) is 5.69 Å². The molecule has 0 unspecified atom stereocenters. The fourth-order valence-electron chi connectivity index (χ4n) is 2.31. The van der Waals surface area contributed by atoms with Crippen LogP contribution >= 0.6 is 0 Å². The smallest absolute Gasteiger partial charge is 0.255 e. The zero-order valence-corrected chi connectivity index (χ0v) is 13.2. The van der Waals surface area contributed by atoms with Gasteiger partial charge in [0.15, 0.2) is 0 Å². The fraction of sp³-hybridized carbons (Fsp3) is 0.150. The van der Waals surface area contributed by atoms with Crippen molar-refractivity contribution in [2.24, 2.45) is 0 Å². The standard InChI is InChI=1S/C20H22N2O/c1-3-14-22(15-4-2)16-17-10-12-18(13-11-17)20(23)21-19-8-6-5-7-9-19/h3-13H,1-2,14-16H2,(H,21,23). The minimum atomic E-state index is -0.100. The molecule has 0 aliphatic carbocycles. The van der Waals surface area contributed by atoms with Gasteiger partial charge in [0, 0.05) is 30.9 Å². The molecule has 0 atom stereocenters. The SMILES string of the molecule is C=CCN(CC=C)Cc1ccc(C(=O)Nc2ccccc2)cc1. The molecule has 2 rings (SSSR count). The van der Waals surface area contributed by atoms with Gasteiger partial charge in [0.1, 0.15) is 0 Å². The van der Waals surface area contributed by atoms with Gasteiger partial charge in [-0.3, -0.25) is 9.69 Å². The highest BCUT2D eigenvalue weighted by molar-refractivity contribution is 6.04. The topological polar surface area (TPSA) is 32.3 Å². The van der Waals surface area contributed by atoms with Crippen LogP contribution in [0.15, 0.2) is 79.9 Å². The second-order valence-corrected chi connectivity index (χ2v) is 5.29. The Bertz CT molecular complexity index is 637. The summed E-state index contributed by atoms with van der Waals surface area (Å²) in [5, 5.41) is 2.88. The number of hydrogen-bond acceptors (Lipinski definition) is 2. The molecule has 3 heteroatoms. The van der Waals surface area contributed by atoms with E-state index in [1.807, 2.05) is 66.7 Å². The van der Waals surface area contributed by atoms with Gasteiger partial charge < -0.3 is 5.32 Å². The van der Waals surface area contributed by atoms with E-state index in [2.05, 4.69) is 23.4 Å². The number of rotatable bonds is 8. The maximum atomic E-state index is 12.2. The Hall–Kier alpha value is -2.65. The van der Waals surface area contributed by atoms with Crippen molar-refractivity contribution in [3.8, 4) is 0 Å². The lowest BCUT2D eigenvalue weighted by molar-refractivity contribution is 0.102. The van der Waals surface area contributed by atoms with Gasteiger partial charge in [-0.05, 0) is 29.8 Å². The molecular formula is C20H22N2O. The van der Waals surface area contributed by atoms with Crippen molar-refractivity contribution in [1.29, 1.82) is 0 Å². The zero-order chi connectivity index (χ0) is 16.5. The average Bonchev–Trinajstić information content (AvgIpc) is 2.57. The highest BCUT2D eigenvalue weighted by Crippen LogP contribution is 2.11. The van der Waals surface area contributed by atoms with Gasteiger partial charge in [0.2, 0.25) is 0 Å². The summed E-state index contributed by atoms with van der Waals surface area (Å²) >= 11 is 0. The van der Waals surface area contributed by atoms with Crippen LogP contribution in [0, 0.1) is 0 Å². The molecule has 0 saturated carbocycles. The first-order valence-electron chi connectivity index (χ1n) is 7.62. The summed E-state index contributed by atoms with van der Waals surface area (Å²) in [6.45, 7) is 9.97. The first kappa shape index (κ1) is 16.7. The van der Waals surface area contributed by atoms with Crippen LogP contribution < -0.4 is 5.32 Å². The normalized spacial score (nSPS) is 10.3. The van der Waals surface area contributed by atoms with Crippen molar-refractivity contribution in [3.63, 3.8) is 0 Å². The van der Waals surface area contributed by atoms with Crippen LogP contribution in [-0.4, -0.2) is 23.9 Å². The van der Waals surface area contributed by atoms with E-state index in [1.165, 1.54) is 0 Å². The summed E-state index contributed by atoms with van der Waals surface area (Å²) in [6.07, 6.45) is 3.76. The maximum absolute atomic E-state index is 12.2. The molecule has 0 aromatic heterocycles. The Labute approximate surface area is 138 Å². The summed E-state index contributed by atoms with van der Waals surface area (Å²) in [5.41, 5.74) is 2.60. The molecule has 23 heavy (non-hydrogen) atoms. The van der Waals surface area contributed by atoms with E-state index in [0.717, 1.165) is 30.9 Å². The van der Waals surface area contributed by atoms with E-state index in [-0.39, 0.29) is 5.91 Å². The third-order valence-electron chi connectivity index (χ3n) is 3.43. The molecule has 2 aromatic rings. The number of hydrogen-bond donors (Lipinski definition) is 1. The largest absolute Gasteiger partial charge is 0.322 e. The van der Waals surface area contributed by atoms with E-state index < -0.39 is 0 Å². The zero-order valence-electron chi connectivity index (χ0n) is 13.2. The summed E-state index contributed by atoms with van der Waals surface area (Å²) in [5.74, 6) is -0.100. The van der Waals surface area contributed by atoms with Gasteiger partial charge in [-0.25, -0.2) is 0 Å². The highest BCUT2D eigenvalue weighted by atomic mass is 16.1. The molecular weight excluding hydrogens is 284 g/mol. The Morgan fingerprint density at radius 1 is 0.957 bits per heavy atom. The number of carbonyl (C=O) groups excluding carboxylic acids is 1. The molecule has 0 aliphatic rings. The molecule has 1 N–H and O–H groups in total. The van der Waals surface area contributed by atoms with Crippen LogP contribution in [0.5, 0.6) is 0 Å². The number of nitrogens with zero attached hydrogens (tertiary/aromatic N) is 1. The van der Waals surface area contributed by atoms with Gasteiger partial charge in [-0.1, -0.05) is 42.5 Å². The number of anilines is 1. The number of carbonyl (C=O) groups is 1. The number of amides is 1. The minimum absolute atomic E-state index is 0.100. The van der Waals surface area contributed by atoms with Gasteiger partial charge in [0.05, 0.1) is 0 Å². The second kappa shape index (κ2) is 8.71. The van der Waals surface area contributed by atoms with Crippen LogP contribution in [0.2, 0.25) is 0 Å². The van der Waals surface area contributed by atoms with Crippen LogP contribution in [0.1, 0.15) is 15.9 Å². The molecule has 0 radical (unpaired) electrons.